The summed E-state index contributed by atoms with van der Waals surface area (Å²) < 4.78 is 49.3. The molecular formula is C33H37ClF3N3O5. The smallest absolute Gasteiger partial charge is 0.398 e. The van der Waals surface area contributed by atoms with E-state index in [9.17, 15) is 32.7 Å². The van der Waals surface area contributed by atoms with Crippen molar-refractivity contribution in [2.24, 2.45) is 17.8 Å². The summed E-state index contributed by atoms with van der Waals surface area (Å²) in [6.07, 6.45) is -0.727. The van der Waals surface area contributed by atoms with Crippen molar-refractivity contribution >= 4 is 35.0 Å². The Bertz CT molecular complexity index is 1580. The van der Waals surface area contributed by atoms with Gasteiger partial charge in [-0.3, -0.25) is 14.4 Å². The van der Waals surface area contributed by atoms with Gasteiger partial charge in [-0.1, -0.05) is 36.7 Å². The highest BCUT2D eigenvalue weighted by Crippen LogP contribution is 2.60. The Morgan fingerprint density at radius 1 is 1.16 bits per heavy atom. The van der Waals surface area contributed by atoms with E-state index in [0.717, 1.165) is 15.8 Å². The predicted octanol–water partition coefficient (Wildman–Crippen LogP) is 5.51. The number of aromatic nitrogens is 2. The van der Waals surface area contributed by atoms with E-state index in [4.69, 9.17) is 21.4 Å². The second-order valence-corrected chi connectivity index (χ2v) is 13.7. The maximum atomic E-state index is 14.3. The summed E-state index contributed by atoms with van der Waals surface area (Å²) in [6.45, 7) is 6.06. The van der Waals surface area contributed by atoms with Gasteiger partial charge in [0.05, 0.1) is 58.6 Å². The number of halogens is 4. The number of fused-ring (bicyclic) bond motifs is 1. The number of esters is 1. The molecule has 3 atom stereocenters. The molecule has 2 aromatic rings. The molecule has 4 aliphatic rings. The molecule has 1 saturated carbocycles. The van der Waals surface area contributed by atoms with Crippen LogP contribution in [0.2, 0.25) is 5.02 Å². The van der Waals surface area contributed by atoms with E-state index in [1.165, 1.54) is 18.2 Å². The van der Waals surface area contributed by atoms with Crippen LogP contribution in [0.1, 0.15) is 85.7 Å². The van der Waals surface area contributed by atoms with Crippen LogP contribution in [0.5, 0.6) is 0 Å². The van der Waals surface area contributed by atoms with Crippen molar-refractivity contribution in [2.45, 2.75) is 82.9 Å². The molecule has 2 fully saturated rings. The van der Waals surface area contributed by atoms with E-state index in [0.29, 0.717) is 37.1 Å². The van der Waals surface area contributed by atoms with Crippen LogP contribution in [0.15, 0.2) is 24.3 Å². The van der Waals surface area contributed by atoms with Gasteiger partial charge in [0.2, 0.25) is 5.91 Å². The maximum absolute atomic E-state index is 14.3. The van der Waals surface area contributed by atoms with Crippen LogP contribution >= 0.6 is 11.6 Å². The van der Waals surface area contributed by atoms with E-state index in [-0.39, 0.29) is 78.8 Å². The number of ether oxygens (including phenoxy) is 1. The number of allylic oxidation sites excluding steroid dienone is 2. The predicted molar refractivity (Wildman–Crippen MR) is 160 cm³/mol. The minimum Gasteiger partial charge on any atom is -0.466 e. The Hall–Kier alpha value is -3.18. The topological polar surface area (TPSA) is 102 Å². The summed E-state index contributed by atoms with van der Waals surface area (Å²) >= 11 is 6.49. The van der Waals surface area contributed by atoms with Crippen molar-refractivity contribution in [3.05, 3.63) is 57.4 Å². The standard InChI is InChI=1S/C33H37ClF3N3O5/c1-4-45-30(43)21-10-8-19(14-18(21)2)27-22-11-9-20(28(41)39-16-31(3,44)17-39)15-25(22)40(38-27)29(42)26-23(6-5-7-24(26)34)32(12-13-32)33(35,36)37/h5-7,14,18,20-21,44H,4,8-13,15-17H2,1-3H3/t18-,20?,21+/m0/s1. The lowest BCUT2D eigenvalue weighted by Gasteiger charge is -2.45. The molecule has 1 saturated heterocycles. The van der Waals surface area contributed by atoms with Crippen LogP contribution in [-0.4, -0.2) is 69.0 Å². The van der Waals surface area contributed by atoms with Gasteiger partial charge in [0.15, 0.2) is 0 Å². The molecule has 1 unspecified atom stereocenters. The van der Waals surface area contributed by atoms with E-state index in [1.807, 2.05) is 13.0 Å². The first kappa shape index (κ1) is 31.8. The number of benzene rings is 1. The summed E-state index contributed by atoms with van der Waals surface area (Å²) in [6, 6.07) is 4.15. The Morgan fingerprint density at radius 2 is 1.87 bits per heavy atom. The molecule has 1 aromatic carbocycles. The Balaban J connectivity index is 1.41. The van der Waals surface area contributed by atoms with Crippen molar-refractivity contribution in [1.82, 2.24) is 14.7 Å². The number of nitrogens with zero attached hydrogens (tertiary/aromatic N) is 3. The molecule has 1 amide bonds. The van der Waals surface area contributed by atoms with Crippen LogP contribution in [0.25, 0.3) is 5.57 Å². The number of hydrogen-bond donors (Lipinski definition) is 1. The Labute approximate surface area is 264 Å². The first-order chi connectivity index (χ1) is 21.2. The number of hydrogen-bond acceptors (Lipinski definition) is 6. The highest BCUT2D eigenvalue weighted by Gasteiger charge is 2.65. The normalized spacial score (nSPS) is 25.1. The molecule has 8 nitrogen and oxygen atoms in total. The fourth-order valence-electron chi connectivity index (χ4n) is 7.39. The van der Waals surface area contributed by atoms with Crippen molar-refractivity contribution in [2.75, 3.05) is 19.7 Å². The average molecular weight is 648 g/mol. The summed E-state index contributed by atoms with van der Waals surface area (Å²) in [7, 11) is 0. The van der Waals surface area contributed by atoms with Gasteiger partial charge in [-0.25, -0.2) is 0 Å². The molecule has 0 radical (unpaired) electrons. The number of carbonyl (C=O) groups excluding carboxylic acids is 3. The fourth-order valence-corrected chi connectivity index (χ4v) is 7.64. The van der Waals surface area contributed by atoms with Crippen LogP contribution in [0, 0.1) is 17.8 Å². The monoisotopic (exact) mass is 647 g/mol. The van der Waals surface area contributed by atoms with Gasteiger partial charge in [0.25, 0.3) is 5.91 Å². The fraction of sp³-hybridized carbons (Fsp3) is 0.576. The Morgan fingerprint density at radius 3 is 2.47 bits per heavy atom. The first-order valence-corrected chi connectivity index (χ1v) is 16.0. The average Bonchev–Trinajstić information content (AvgIpc) is 3.71. The number of likely N-dealkylation sites (tertiary alicyclic amines) is 1. The third-order valence-corrected chi connectivity index (χ3v) is 10.3. The van der Waals surface area contributed by atoms with Gasteiger partial charge in [-0.05, 0) is 75.5 Å². The number of alkyl halides is 3. The van der Waals surface area contributed by atoms with Gasteiger partial charge in [-0.15, -0.1) is 0 Å². The molecule has 6 rings (SSSR count). The van der Waals surface area contributed by atoms with Gasteiger partial charge in [0, 0.05) is 17.9 Å². The molecule has 1 aliphatic heterocycles. The molecule has 2 heterocycles. The lowest BCUT2D eigenvalue weighted by atomic mass is 9.78. The Kier molecular flexibility index (Phi) is 7.95. The molecule has 45 heavy (non-hydrogen) atoms. The highest BCUT2D eigenvalue weighted by atomic mass is 35.5. The zero-order chi connectivity index (χ0) is 32.5. The first-order valence-electron chi connectivity index (χ1n) is 15.6. The van der Waals surface area contributed by atoms with Crippen molar-refractivity contribution in [3.8, 4) is 0 Å². The maximum Gasteiger partial charge on any atom is 0.398 e. The quantitative estimate of drug-likeness (QED) is 0.415. The van der Waals surface area contributed by atoms with E-state index >= 15 is 0 Å². The largest absolute Gasteiger partial charge is 0.466 e. The zero-order valence-corrected chi connectivity index (χ0v) is 26.3. The minimum atomic E-state index is -4.56. The molecular weight excluding hydrogens is 611 g/mol. The summed E-state index contributed by atoms with van der Waals surface area (Å²) in [5, 5.41) is 14.8. The van der Waals surface area contributed by atoms with Crippen molar-refractivity contribution in [3.63, 3.8) is 0 Å². The summed E-state index contributed by atoms with van der Waals surface area (Å²) in [5.41, 5.74) is -0.798. The lowest BCUT2D eigenvalue weighted by Crippen LogP contribution is -2.63. The highest BCUT2D eigenvalue weighted by molar-refractivity contribution is 6.34. The van der Waals surface area contributed by atoms with Crippen LogP contribution in [0.3, 0.4) is 0 Å². The van der Waals surface area contributed by atoms with E-state index in [2.05, 4.69) is 0 Å². The van der Waals surface area contributed by atoms with E-state index in [1.54, 1.807) is 18.7 Å². The number of amides is 1. The molecule has 3 aliphatic carbocycles. The van der Waals surface area contributed by atoms with Gasteiger partial charge in [0.1, 0.15) is 0 Å². The second-order valence-electron chi connectivity index (χ2n) is 13.3. The molecule has 0 spiro atoms. The van der Waals surface area contributed by atoms with Crippen molar-refractivity contribution in [1.29, 1.82) is 0 Å². The number of β-amino-alcohol motifs (C(OH)–C–C–N with tert-alkyl or cyclic N) is 1. The molecule has 0 bridgehead atoms. The zero-order valence-electron chi connectivity index (χ0n) is 25.5. The van der Waals surface area contributed by atoms with Crippen LogP contribution in [-0.2, 0) is 32.6 Å². The third kappa shape index (κ3) is 5.49. The van der Waals surface area contributed by atoms with E-state index < -0.39 is 29.0 Å². The molecule has 1 aromatic heterocycles. The number of rotatable bonds is 6. The lowest BCUT2D eigenvalue weighted by molar-refractivity contribution is -0.160. The molecule has 242 valence electrons. The minimum absolute atomic E-state index is 0.0900. The second kappa shape index (κ2) is 11.3. The van der Waals surface area contributed by atoms with Crippen molar-refractivity contribution < 1.29 is 37.4 Å². The third-order valence-electron chi connectivity index (χ3n) is 9.94. The summed E-state index contributed by atoms with van der Waals surface area (Å²) in [5.74, 6) is -2.11. The van der Waals surface area contributed by atoms with Gasteiger partial charge >= 0.3 is 12.1 Å². The number of carbonyl (C=O) groups is 3. The molecule has 12 heteroatoms. The van der Waals surface area contributed by atoms with Gasteiger partial charge in [-0.2, -0.15) is 23.0 Å². The number of aliphatic hydroxyl groups is 1. The summed E-state index contributed by atoms with van der Waals surface area (Å²) in [4.78, 5) is 41.8. The van der Waals surface area contributed by atoms with Crippen LogP contribution < -0.4 is 0 Å². The molecule has 1 N–H and O–H groups in total. The SMILES string of the molecule is CCOC(=O)[C@@H]1CCC(c2nn(C(=O)c3c(Cl)cccc3C3(C(F)(F)F)CC3)c3c2CCC(C(=O)N2CC(C)(O)C2)C3)=C[C@@H]1C. The van der Waals surface area contributed by atoms with Gasteiger partial charge < -0.3 is 14.7 Å². The van der Waals surface area contributed by atoms with Crippen LogP contribution in [0.4, 0.5) is 13.2 Å².